The summed E-state index contributed by atoms with van der Waals surface area (Å²) in [6.07, 6.45) is 0. The van der Waals surface area contributed by atoms with Gasteiger partial charge in [-0.3, -0.25) is 0 Å². The van der Waals surface area contributed by atoms with Crippen LogP contribution in [0.3, 0.4) is 0 Å². The second-order valence-corrected chi connectivity index (χ2v) is 0. The van der Waals surface area contributed by atoms with Crippen LogP contribution in [-0.2, 0) is 70.4 Å². The third-order valence-corrected chi connectivity index (χ3v) is 0. The summed E-state index contributed by atoms with van der Waals surface area (Å²) >= 11 is 2.94. The summed E-state index contributed by atoms with van der Waals surface area (Å²) in [7, 11) is 0. The molecule has 1 nitrogen and oxygen atoms in total. The van der Waals surface area contributed by atoms with E-state index in [1.165, 1.54) is 0 Å². The summed E-state index contributed by atoms with van der Waals surface area (Å²) in [4.78, 5) is 0. The van der Waals surface area contributed by atoms with Crippen molar-refractivity contribution in [3.63, 3.8) is 0 Å². The second-order valence-electron chi connectivity index (χ2n) is 0. The van der Waals surface area contributed by atoms with Crippen molar-refractivity contribution < 1.29 is 70.4 Å². The Kier molecular flexibility index (Phi) is 278. The van der Waals surface area contributed by atoms with Crippen molar-refractivity contribution in [1.29, 1.82) is 0 Å². The molecule has 0 aliphatic heterocycles. The Hall–Kier alpha value is 2.85. The fourth-order valence-electron chi connectivity index (χ4n) is 0. The minimum absolute atomic E-state index is 0. The summed E-state index contributed by atoms with van der Waals surface area (Å²) in [5.41, 5.74) is 0. The van der Waals surface area contributed by atoms with Crippen LogP contribution in [0.4, 0.5) is 0 Å². The van der Waals surface area contributed by atoms with Gasteiger partial charge < -0.3 is 0 Å². The Morgan fingerprint density at radius 3 is 1.17 bits per heavy atom. The van der Waals surface area contributed by atoms with Gasteiger partial charge in [0.1, 0.15) is 0 Å². The molecule has 0 atom stereocenters. The summed E-state index contributed by atoms with van der Waals surface area (Å²) < 4.78 is 7.81. The summed E-state index contributed by atoms with van der Waals surface area (Å²) in [6, 6.07) is 0. The van der Waals surface area contributed by atoms with Gasteiger partial charge in [-0.25, -0.2) is 0 Å². The van der Waals surface area contributed by atoms with Gasteiger partial charge in [-0.05, 0) is 0 Å². The zero-order valence-corrected chi connectivity index (χ0v) is 8.97. The van der Waals surface area contributed by atoms with Gasteiger partial charge in [0.05, 0.1) is 0 Å². The van der Waals surface area contributed by atoms with Gasteiger partial charge in [0.15, 0.2) is 0 Å². The third kappa shape index (κ3) is 28.8. The van der Waals surface area contributed by atoms with Gasteiger partial charge in [0.25, 0.3) is 0 Å². The van der Waals surface area contributed by atoms with Crippen LogP contribution in [0.1, 0.15) is 0 Å². The zero-order valence-electron chi connectivity index (χ0n) is 2.76. The Bertz CT molecular complexity index is 15.5. The molecule has 0 heterocycles. The molecule has 0 saturated heterocycles. The van der Waals surface area contributed by atoms with Crippen LogP contribution in [0, 0.1) is 0 Å². The van der Waals surface area contributed by atoms with Gasteiger partial charge in [-0.1, -0.05) is 0 Å². The molecule has 0 aromatic heterocycles. The van der Waals surface area contributed by atoms with Crippen molar-refractivity contribution in [3.8, 4) is 0 Å². The monoisotopic (exact) mass is 271 g/mol. The van der Waals surface area contributed by atoms with Crippen molar-refractivity contribution in [2.45, 2.75) is 0 Å². The van der Waals surface area contributed by atoms with E-state index in [0.29, 0.717) is 0 Å². The molecule has 0 N–H and O–H groups in total. The van der Waals surface area contributed by atoms with Crippen LogP contribution in [0.5, 0.6) is 0 Å². The average molecular weight is 272 g/mol. The number of hydrogen-bond donors (Lipinski definition) is 0. The van der Waals surface area contributed by atoms with E-state index in [-0.39, 0.29) is 80.2 Å². The Morgan fingerprint density at radius 1 is 1.17 bits per heavy atom. The van der Waals surface area contributed by atoms with E-state index in [0.717, 1.165) is 0 Å². The topological polar surface area (TPSA) is 17.1 Å². The molecule has 0 aliphatic rings. The van der Waals surface area contributed by atoms with Crippen LogP contribution in [0.15, 0.2) is 0 Å². The fraction of sp³-hybridized carbons (Fsp3) is 0. The molecular formula is CuFeMnNaNiO. The van der Waals surface area contributed by atoms with Crippen LogP contribution >= 0.6 is 0 Å². The molecule has 0 rings (SSSR count). The molecule has 0 saturated carbocycles. The van der Waals surface area contributed by atoms with Crippen LogP contribution in [0.25, 0.3) is 0 Å². The van der Waals surface area contributed by atoms with E-state index in [1.807, 2.05) is 0 Å². The van der Waals surface area contributed by atoms with Gasteiger partial charge in [0.2, 0.25) is 0 Å². The molecule has 0 fully saturated rings. The van der Waals surface area contributed by atoms with Crippen molar-refractivity contribution >= 4 is 29.6 Å². The van der Waals surface area contributed by atoms with Crippen molar-refractivity contribution in [3.05, 3.63) is 0 Å². The van der Waals surface area contributed by atoms with Gasteiger partial charge in [0, 0.05) is 80.2 Å². The van der Waals surface area contributed by atoms with E-state index < -0.39 is 0 Å². The third-order valence-electron chi connectivity index (χ3n) is 0. The minimum atomic E-state index is 0. The first-order chi connectivity index (χ1) is 1.00. The molecule has 0 bridgehead atoms. The molecule has 2 radical (unpaired) electrons. The van der Waals surface area contributed by atoms with E-state index in [4.69, 9.17) is 3.83 Å². The summed E-state index contributed by atoms with van der Waals surface area (Å²) in [5.74, 6) is 0. The first kappa shape index (κ1) is 36.8. The number of rotatable bonds is 0. The molecule has 0 amide bonds. The summed E-state index contributed by atoms with van der Waals surface area (Å²) in [5, 5.41) is 0. The quantitative estimate of drug-likeness (QED) is 0.543. The molecule has 6 heteroatoms. The Morgan fingerprint density at radius 2 is 1.17 bits per heavy atom. The van der Waals surface area contributed by atoms with E-state index in [9.17, 15) is 0 Å². The second kappa shape index (κ2) is 45.3. The molecule has 6 heavy (non-hydrogen) atoms. The maximum atomic E-state index is 7.81. The SMILES string of the molecule is [Fe].[Mn].[Na].[Ni].[O]=[Cu]. The van der Waals surface area contributed by atoms with Gasteiger partial charge in [-0.15, -0.1) is 0 Å². The Balaban J connectivity index is -0.000000000833. The zero-order chi connectivity index (χ0) is 2.00. The molecule has 0 aromatic carbocycles. The molecule has 0 unspecified atom stereocenters. The normalized spacial score (nSPS) is 1.00. The Labute approximate surface area is 98.3 Å². The van der Waals surface area contributed by atoms with E-state index in [2.05, 4.69) is 15.9 Å². The molecule has 0 aliphatic carbocycles. The molecule has 0 spiro atoms. The van der Waals surface area contributed by atoms with Gasteiger partial charge in [-0.2, -0.15) is 0 Å². The summed E-state index contributed by atoms with van der Waals surface area (Å²) in [6.45, 7) is 0. The van der Waals surface area contributed by atoms with Crippen LogP contribution < -0.4 is 0 Å². The van der Waals surface area contributed by atoms with Crippen molar-refractivity contribution in [2.75, 3.05) is 0 Å². The van der Waals surface area contributed by atoms with Crippen LogP contribution in [-0.4, -0.2) is 29.6 Å². The molecule has 0 aromatic rings. The van der Waals surface area contributed by atoms with Crippen molar-refractivity contribution in [2.24, 2.45) is 0 Å². The van der Waals surface area contributed by atoms with Gasteiger partial charge >= 0.3 is 19.8 Å². The van der Waals surface area contributed by atoms with Crippen LogP contribution in [0.2, 0.25) is 0 Å². The standard InChI is InChI=1S/Cu.Fe.Mn.Na.Ni.O. The van der Waals surface area contributed by atoms with E-state index in [1.54, 1.807) is 0 Å². The molecule has 43 valence electrons. The number of hydrogen-bond acceptors (Lipinski definition) is 1. The molecular weight excluding hydrogens is 272 g/mol. The predicted octanol–water partition coefficient (Wildman–Crippen LogP) is -0.510. The fourth-order valence-corrected chi connectivity index (χ4v) is 0. The first-order valence-electron chi connectivity index (χ1n) is 0.123. The maximum absolute atomic E-state index is 7.81. The van der Waals surface area contributed by atoms with E-state index >= 15 is 0 Å². The average Bonchev–Trinajstić information content (AvgIpc) is 1.00. The first-order valence-corrected chi connectivity index (χ1v) is 0.508. The van der Waals surface area contributed by atoms with Crippen molar-refractivity contribution in [1.82, 2.24) is 0 Å². The predicted molar refractivity (Wildman–Crippen MR) is 6.44 cm³/mol.